The van der Waals surface area contributed by atoms with Gasteiger partial charge in [0, 0.05) is 11.0 Å². The monoisotopic (exact) mass is 351 g/mol. The zero-order chi connectivity index (χ0) is 17.7. The van der Waals surface area contributed by atoms with Gasteiger partial charge < -0.3 is 13.9 Å². The maximum atomic E-state index is 12.2. The van der Waals surface area contributed by atoms with E-state index < -0.39 is 16.9 Å². The normalized spacial score (nSPS) is 10.2. The molecule has 0 saturated carbocycles. The Kier molecular flexibility index (Phi) is 5.59. The number of nitro benzene ring substituents is 1. The third-order valence-electron chi connectivity index (χ3n) is 3.11. The Bertz CT molecular complexity index is 784. The summed E-state index contributed by atoms with van der Waals surface area (Å²) in [5.41, 5.74) is -0.402. The lowest BCUT2D eigenvalue weighted by molar-refractivity contribution is -0.385. The molecule has 0 aliphatic rings. The second-order valence-corrected chi connectivity index (χ2v) is 5.35. The van der Waals surface area contributed by atoms with Crippen LogP contribution in [-0.4, -0.2) is 30.2 Å². The maximum Gasteiger partial charge on any atom is 0.345 e. The van der Waals surface area contributed by atoms with Crippen LogP contribution in [0.15, 0.2) is 39.8 Å². The number of nitro groups is 1. The lowest BCUT2D eigenvalue weighted by Crippen LogP contribution is -2.10. The van der Waals surface area contributed by atoms with Crippen LogP contribution in [0.1, 0.15) is 26.5 Å². The Balaban J connectivity index is 2.20. The minimum atomic E-state index is -0.884. The third kappa shape index (κ3) is 3.74. The van der Waals surface area contributed by atoms with E-state index in [0.29, 0.717) is 4.90 Å². The van der Waals surface area contributed by atoms with Crippen LogP contribution in [0.3, 0.4) is 0 Å². The van der Waals surface area contributed by atoms with Crippen molar-refractivity contribution in [3.63, 3.8) is 0 Å². The van der Waals surface area contributed by atoms with E-state index in [4.69, 9.17) is 9.15 Å². The van der Waals surface area contributed by atoms with Crippen LogP contribution >= 0.6 is 11.8 Å². The van der Waals surface area contributed by atoms with Crippen LogP contribution in [0.5, 0.6) is 0 Å². The summed E-state index contributed by atoms with van der Waals surface area (Å²) >= 11 is 1.34. The topological polar surface area (TPSA) is 109 Å². The van der Waals surface area contributed by atoms with Gasteiger partial charge in [0.1, 0.15) is 11.1 Å². The largest absolute Gasteiger partial charge is 0.465 e. The van der Waals surface area contributed by atoms with Crippen LogP contribution in [0.25, 0.3) is 0 Å². The Morgan fingerprint density at radius 2 is 2.00 bits per heavy atom. The first-order valence-corrected chi connectivity index (χ1v) is 7.84. The first-order valence-electron chi connectivity index (χ1n) is 6.62. The van der Waals surface area contributed by atoms with E-state index in [2.05, 4.69) is 4.74 Å². The third-order valence-corrected chi connectivity index (χ3v) is 3.83. The number of rotatable bonds is 6. The molecule has 1 heterocycles. The van der Waals surface area contributed by atoms with E-state index in [9.17, 15) is 19.7 Å². The number of furan rings is 1. The zero-order valence-electron chi connectivity index (χ0n) is 12.8. The van der Waals surface area contributed by atoms with Gasteiger partial charge in [-0.15, -0.1) is 11.8 Å². The van der Waals surface area contributed by atoms with E-state index >= 15 is 0 Å². The van der Waals surface area contributed by atoms with E-state index in [0.717, 1.165) is 0 Å². The van der Waals surface area contributed by atoms with Crippen LogP contribution in [0.2, 0.25) is 0 Å². The van der Waals surface area contributed by atoms with Gasteiger partial charge in [-0.2, -0.15) is 0 Å². The Labute approximate surface area is 140 Å². The first-order chi connectivity index (χ1) is 11.5. The summed E-state index contributed by atoms with van der Waals surface area (Å²) in [5, 5.41) is 11.1. The summed E-state index contributed by atoms with van der Waals surface area (Å²) in [5.74, 6) is -1.42. The number of ether oxygens (including phenoxy) is 2. The second-order valence-electron chi connectivity index (χ2n) is 4.47. The second kappa shape index (κ2) is 7.64. The van der Waals surface area contributed by atoms with Crippen LogP contribution in [0, 0.1) is 10.1 Å². The highest BCUT2D eigenvalue weighted by Crippen LogP contribution is 2.26. The molecule has 0 atom stereocenters. The fourth-order valence-corrected chi connectivity index (χ4v) is 2.36. The summed E-state index contributed by atoms with van der Waals surface area (Å²) in [6.07, 6.45) is 3.04. The van der Waals surface area contributed by atoms with E-state index in [-0.39, 0.29) is 29.2 Å². The summed E-state index contributed by atoms with van der Waals surface area (Å²) in [7, 11) is 1.21. The Morgan fingerprint density at radius 1 is 1.25 bits per heavy atom. The van der Waals surface area contributed by atoms with Crippen molar-refractivity contribution >= 4 is 29.4 Å². The molecule has 0 amide bonds. The number of benzene rings is 1. The van der Waals surface area contributed by atoms with Crippen molar-refractivity contribution in [3.05, 3.63) is 57.5 Å². The molecule has 0 aliphatic heterocycles. The standard InChI is InChI=1S/C15H13NO7S/c1-21-14(17)10-5-6-22-13(10)8-23-15(18)11-7-9(24-2)3-4-12(11)16(19)20/h3-7H,8H2,1-2H3. The smallest absolute Gasteiger partial charge is 0.345 e. The van der Waals surface area contributed by atoms with Crippen LogP contribution in [-0.2, 0) is 16.1 Å². The van der Waals surface area contributed by atoms with Gasteiger partial charge in [-0.05, 0) is 24.5 Å². The highest BCUT2D eigenvalue weighted by Gasteiger charge is 2.23. The summed E-state index contributed by atoms with van der Waals surface area (Å²) in [6, 6.07) is 5.55. The molecule has 126 valence electrons. The Morgan fingerprint density at radius 3 is 2.62 bits per heavy atom. The molecule has 0 fully saturated rings. The number of nitrogens with zero attached hydrogens (tertiary/aromatic N) is 1. The Hall–Kier alpha value is -2.81. The molecule has 0 radical (unpaired) electrons. The minimum Gasteiger partial charge on any atom is -0.465 e. The summed E-state index contributed by atoms with van der Waals surface area (Å²) in [6.45, 7) is -0.350. The molecule has 1 aromatic heterocycles. The quantitative estimate of drug-likeness (QED) is 0.338. The number of hydrogen-bond donors (Lipinski definition) is 0. The lowest BCUT2D eigenvalue weighted by Gasteiger charge is -2.06. The van der Waals surface area contributed by atoms with Crippen molar-refractivity contribution in [3.8, 4) is 0 Å². The molecule has 2 rings (SSSR count). The molecular weight excluding hydrogens is 338 g/mol. The molecular formula is C15H13NO7S. The van der Waals surface area contributed by atoms with Gasteiger partial charge in [0.15, 0.2) is 12.4 Å². The molecule has 0 spiro atoms. The van der Waals surface area contributed by atoms with Crippen LogP contribution < -0.4 is 0 Å². The number of esters is 2. The van der Waals surface area contributed by atoms with E-state index in [1.807, 2.05) is 0 Å². The molecule has 8 nitrogen and oxygen atoms in total. The molecule has 0 saturated heterocycles. The molecule has 2 aromatic rings. The van der Waals surface area contributed by atoms with Gasteiger partial charge in [-0.1, -0.05) is 0 Å². The zero-order valence-corrected chi connectivity index (χ0v) is 13.6. The fourth-order valence-electron chi connectivity index (χ4n) is 1.92. The van der Waals surface area contributed by atoms with Gasteiger partial charge in [-0.3, -0.25) is 10.1 Å². The number of carbonyl (C=O) groups excluding carboxylic acids is 2. The number of hydrogen-bond acceptors (Lipinski definition) is 8. The number of carbonyl (C=O) groups is 2. The van der Waals surface area contributed by atoms with Crippen molar-refractivity contribution in [1.82, 2.24) is 0 Å². The van der Waals surface area contributed by atoms with Crippen LogP contribution in [0.4, 0.5) is 5.69 Å². The van der Waals surface area contributed by atoms with Gasteiger partial charge in [0.25, 0.3) is 5.69 Å². The van der Waals surface area contributed by atoms with Gasteiger partial charge >= 0.3 is 11.9 Å². The first kappa shape index (κ1) is 17.5. The lowest BCUT2D eigenvalue weighted by atomic mass is 10.2. The van der Waals surface area contributed by atoms with Crippen molar-refractivity contribution in [2.24, 2.45) is 0 Å². The predicted molar refractivity (Wildman–Crippen MR) is 84.0 cm³/mol. The average Bonchev–Trinajstić information content (AvgIpc) is 3.06. The van der Waals surface area contributed by atoms with E-state index in [1.54, 1.807) is 12.3 Å². The average molecular weight is 351 g/mol. The molecule has 0 unspecified atom stereocenters. The minimum absolute atomic E-state index is 0.0962. The molecule has 9 heteroatoms. The highest BCUT2D eigenvalue weighted by molar-refractivity contribution is 7.98. The van der Waals surface area contributed by atoms with Crippen molar-refractivity contribution in [2.45, 2.75) is 11.5 Å². The number of thioether (sulfide) groups is 1. The van der Waals surface area contributed by atoms with E-state index in [1.165, 1.54) is 43.3 Å². The molecule has 1 aromatic carbocycles. The van der Waals surface area contributed by atoms with Gasteiger partial charge in [0.05, 0.1) is 18.3 Å². The summed E-state index contributed by atoms with van der Waals surface area (Å²) < 4.78 is 14.7. The van der Waals surface area contributed by atoms with Crippen molar-refractivity contribution < 1.29 is 28.4 Å². The summed E-state index contributed by atoms with van der Waals surface area (Å²) in [4.78, 5) is 34.8. The van der Waals surface area contributed by atoms with Crippen molar-refractivity contribution in [1.29, 1.82) is 0 Å². The fraction of sp³-hybridized carbons (Fsp3) is 0.200. The number of methoxy groups -OCH3 is 1. The van der Waals surface area contributed by atoms with Gasteiger partial charge in [0.2, 0.25) is 0 Å². The SMILES string of the molecule is COC(=O)c1ccoc1COC(=O)c1cc(SC)ccc1[N+](=O)[O-]. The van der Waals surface area contributed by atoms with Crippen molar-refractivity contribution in [2.75, 3.05) is 13.4 Å². The van der Waals surface area contributed by atoms with Gasteiger partial charge in [-0.25, -0.2) is 9.59 Å². The molecule has 24 heavy (non-hydrogen) atoms. The molecule has 0 bridgehead atoms. The molecule has 0 N–H and O–H groups in total. The highest BCUT2D eigenvalue weighted by atomic mass is 32.2. The molecule has 0 aliphatic carbocycles. The predicted octanol–water partition coefficient (Wildman–Crippen LogP) is 3.05. The maximum absolute atomic E-state index is 12.2.